The van der Waals surface area contributed by atoms with Crippen LogP contribution in [0.4, 0.5) is 10.5 Å². The molecule has 120 valence electrons. The third-order valence-electron chi connectivity index (χ3n) is 3.40. The number of rotatable bonds is 5. The Balaban J connectivity index is 1.91. The van der Waals surface area contributed by atoms with Gasteiger partial charge in [-0.1, -0.05) is 0 Å². The van der Waals surface area contributed by atoms with Crippen molar-refractivity contribution in [3.63, 3.8) is 0 Å². The summed E-state index contributed by atoms with van der Waals surface area (Å²) >= 11 is 0. The topological polar surface area (TPSA) is 90.9 Å². The molecular weight excluding hydrogens is 286 g/mol. The molecule has 7 heteroatoms. The maximum atomic E-state index is 12.1. The number of amides is 3. The van der Waals surface area contributed by atoms with Crippen LogP contribution in [0, 0.1) is 0 Å². The second kappa shape index (κ2) is 7.13. The second-order valence-corrected chi connectivity index (χ2v) is 5.31. The van der Waals surface area contributed by atoms with Crippen molar-refractivity contribution >= 4 is 17.6 Å². The van der Waals surface area contributed by atoms with Gasteiger partial charge in [0.2, 0.25) is 5.91 Å². The number of ether oxygens (including phenoxy) is 1. The molecule has 0 spiro atoms. The number of carbonyl (C=O) groups excluding carboxylic acids is 2. The minimum Gasteiger partial charge on any atom is -0.497 e. The van der Waals surface area contributed by atoms with Crippen LogP contribution in [0.3, 0.4) is 0 Å². The van der Waals surface area contributed by atoms with Crippen LogP contribution in [0.5, 0.6) is 5.75 Å². The number of nitrogens with one attached hydrogen (secondary N) is 2. The van der Waals surface area contributed by atoms with Crippen LogP contribution in [0.25, 0.3) is 0 Å². The van der Waals surface area contributed by atoms with Gasteiger partial charge in [-0.3, -0.25) is 4.79 Å². The van der Waals surface area contributed by atoms with Crippen LogP contribution in [0.1, 0.15) is 13.3 Å². The highest BCUT2D eigenvalue weighted by Gasteiger charge is 2.31. The van der Waals surface area contributed by atoms with Gasteiger partial charge in [-0.15, -0.1) is 0 Å². The van der Waals surface area contributed by atoms with E-state index < -0.39 is 6.10 Å². The molecule has 0 bridgehead atoms. The molecule has 3 N–H and O–H groups in total. The van der Waals surface area contributed by atoms with Crippen molar-refractivity contribution in [3.05, 3.63) is 24.3 Å². The molecule has 1 aliphatic rings. The van der Waals surface area contributed by atoms with Gasteiger partial charge < -0.3 is 25.4 Å². The van der Waals surface area contributed by atoms with Gasteiger partial charge in [0.05, 0.1) is 19.3 Å². The molecule has 0 radical (unpaired) electrons. The Morgan fingerprint density at radius 1 is 1.45 bits per heavy atom. The molecule has 3 amide bonds. The zero-order valence-electron chi connectivity index (χ0n) is 12.7. The molecule has 0 aliphatic carbocycles. The summed E-state index contributed by atoms with van der Waals surface area (Å²) < 4.78 is 5.09. The molecule has 1 aliphatic heterocycles. The standard InChI is InChI=1S/C15H21N3O4/c1-10(19)8-16-15(21)17-11-7-14(20)18(9-11)12-3-5-13(22-2)6-4-12/h3-6,10-11,19H,7-9H2,1-2H3,(H2,16,17,21)/t10-,11-/m1/s1. The van der Waals surface area contributed by atoms with Gasteiger partial charge in [-0.05, 0) is 31.2 Å². The normalized spacial score (nSPS) is 19.0. The Labute approximate surface area is 129 Å². The smallest absolute Gasteiger partial charge is 0.315 e. The number of benzene rings is 1. The van der Waals surface area contributed by atoms with Gasteiger partial charge in [-0.2, -0.15) is 0 Å². The molecular formula is C15H21N3O4. The maximum absolute atomic E-state index is 12.1. The largest absolute Gasteiger partial charge is 0.497 e. The summed E-state index contributed by atoms with van der Waals surface area (Å²) in [6.07, 6.45) is -0.347. The summed E-state index contributed by atoms with van der Waals surface area (Å²) in [7, 11) is 1.59. The van der Waals surface area contributed by atoms with Gasteiger partial charge in [0, 0.05) is 25.2 Å². The fourth-order valence-electron chi connectivity index (χ4n) is 2.29. The lowest BCUT2D eigenvalue weighted by Crippen LogP contribution is -2.45. The van der Waals surface area contributed by atoms with E-state index in [0.29, 0.717) is 6.54 Å². The minimum atomic E-state index is -0.605. The van der Waals surface area contributed by atoms with E-state index in [4.69, 9.17) is 9.84 Å². The van der Waals surface area contributed by atoms with Crippen molar-refractivity contribution in [3.8, 4) is 5.75 Å². The van der Waals surface area contributed by atoms with E-state index in [-0.39, 0.29) is 30.9 Å². The zero-order valence-corrected chi connectivity index (χ0v) is 12.7. The van der Waals surface area contributed by atoms with Crippen molar-refractivity contribution in [1.82, 2.24) is 10.6 Å². The van der Waals surface area contributed by atoms with E-state index in [2.05, 4.69) is 10.6 Å². The summed E-state index contributed by atoms with van der Waals surface area (Å²) in [5, 5.41) is 14.4. The Kier molecular flexibility index (Phi) is 5.21. The average Bonchev–Trinajstić information content (AvgIpc) is 2.85. The number of anilines is 1. The Bertz CT molecular complexity index is 530. The van der Waals surface area contributed by atoms with E-state index in [0.717, 1.165) is 11.4 Å². The first-order valence-electron chi connectivity index (χ1n) is 7.16. The Morgan fingerprint density at radius 2 is 2.14 bits per heavy atom. The number of aliphatic hydroxyl groups is 1. The first-order chi connectivity index (χ1) is 10.5. The highest BCUT2D eigenvalue weighted by Crippen LogP contribution is 2.24. The fourth-order valence-corrected chi connectivity index (χ4v) is 2.29. The van der Waals surface area contributed by atoms with Crippen LogP contribution >= 0.6 is 0 Å². The van der Waals surface area contributed by atoms with E-state index in [9.17, 15) is 9.59 Å². The van der Waals surface area contributed by atoms with Crippen LogP contribution in [-0.2, 0) is 4.79 Å². The van der Waals surface area contributed by atoms with Crippen LogP contribution in [0.2, 0.25) is 0 Å². The van der Waals surface area contributed by atoms with E-state index in [1.54, 1.807) is 31.1 Å². The molecule has 1 fully saturated rings. The highest BCUT2D eigenvalue weighted by atomic mass is 16.5. The maximum Gasteiger partial charge on any atom is 0.315 e. The third kappa shape index (κ3) is 4.11. The van der Waals surface area contributed by atoms with Crippen molar-refractivity contribution in [2.45, 2.75) is 25.5 Å². The first-order valence-corrected chi connectivity index (χ1v) is 7.16. The quantitative estimate of drug-likeness (QED) is 0.738. The van der Waals surface area contributed by atoms with Crippen molar-refractivity contribution in [1.29, 1.82) is 0 Å². The van der Waals surface area contributed by atoms with Crippen LogP contribution in [0.15, 0.2) is 24.3 Å². The molecule has 0 unspecified atom stereocenters. The SMILES string of the molecule is COc1ccc(N2C[C@H](NC(=O)NC[C@@H](C)O)CC2=O)cc1. The van der Waals surface area contributed by atoms with Gasteiger partial charge in [0.15, 0.2) is 0 Å². The Morgan fingerprint density at radius 3 is 2.73 bits per heavy atom. The second-order valence-electron chi connectivity index (χ2n) is 5.31. The number of hydrogen-bond donors (Lipinski definition) is 3. The van der Waals surface area contributed by atoms with E-state index >= 15 is 0 Å². The lowest BCUT2D eigenvalue weighted by atomic mass is 10.2. The van der Waals surface area contributed by atoms with Crippen molar-refractivity contribution in [2.24, 2.45) is 0 Å². The molecule has 7 nitrogen and oxygen atoms in total. The molecule has 1 aromatic carbocycles. The number of aliphatic hydroxyl groups excluding tert-OH is 1. The number of hydrogen-bond acceptors (Lipinski definition) is 4. The van der Waals surface area contributed by atoms with Gasteiger partial charge >= 0.3 is 6.03 Å². The molecule has 2 rings (SSSR count). The van der Waals surface area contributed by atoms with Crippen molar-refractivity contribution < 1.29 is 19.4 Å². The van der Waals surface area contributed by atoms with Crippen molar-refractivity contribution in [2.75, 3.05) is 25.1 Å². The van der Waals surface area contributed by atoms with E-state index in [1.807, 2.05) is 12.1 Å². The summed E-state index contributed by atoms with van der Waals surface area (Å²) in [6, 6.07) is 6.58. The number of urea groups is 1. The first kappa shape index (κ1) is 16.1. The monoisotopic (exact) mass is 307 g/mol. The predicted molar refractivity (Wildman–Crippen MR) is 82.0 cm³/mol. The lowest BCUT2D eigenvalue weighted by Gasteiger charge is -2.18. The Hall–Kier alpha value is -2.28. The minimum absolute atomic E-state index is 0.0361. The zero-order chi connectivity index (χ0) is 16.1. The third-order valence-corrected chi connectivity index (χ3v) is 3.40. The van der Waals surface area contributed by atoms with Crippen LogP contribution < -0.4 is 20.3 Å². The van der Waals surface area contributed by atoms with Gasteiger partial charge in [0.1, 0.15) is 5.75 Å². The number of nitrogens with zero attached hydrogens (tertiary/aromatic N) is 1. The molecule has 1 heterocycles. The summed E-state index contributed by atoms with van der Waals surface area (Å²) in [5.74, 6) is 0.688. The number of methoxy groups -OCH3 is 1. The highest BCUT2D eigenvalue weighted by molar-refractivity contribution is 5.96. The fraction of sp³-hybridized carbons (Fsp3) is 0.467. The molecule has 1 aromatic rings. The van der Waals surface area contributed by atoms with Gasteiger partial charge in [-0.25, -0.2) is 4.79 Å². The molecule has 0 aromatic heterocycles. The van der Waals surface area contributed by atoms with Crippen LogP contribution in [-0.4, -0.2) is 49.4 Å². The predicted octanol–water partition coefficient (Wildman–Crippen LogP) is 0.480. The molecule has 2 atom stereocenters. The van der Waals surface area contributed by atoms with Gasteiger partial charge in [0.25, 0.3) is 0 Å². The number of carbonyl (C=O) groups is 2. The molecule has 22 heavy (non-hydrogen) atoms. The van der Waals surface area contributed by atoms with E-state index in [1.165, 1.54) is 0 Å². The molecule has 1 saturated heterocycles. The average molecular weight is 307 g/mol. The summed E-state index contributed by atoms with van der Waals surface area (Å²) in [6.45, 7) is 2.19. The lowest BCUT2D eigenvalue weighted by molar-refractivity contribution is -0.117. The molecule has 0 saturated carbocycles. The summed E-state index contributed by atoms with van der Waals surface area (Å²) in [4.78, 5) is 25.4. The summed E-state index contributed by atoms with van der Waals surface area (Å²) in [5.41, 5.74) is 0.777.